The molecule has 1 aromatic rings. The molecule has 0 bridgehead atoms. The van der Waals surface area contributed by atoms with Crippen LogP contribution in [0.1, 0.15) is 30.9 Å². The molecule has 1 aromatic carbocycles. The van der Waals surface area contributed by atoms with Crippen LogP contribution in [0.5, 0.6) is 0 Å². The quantitative estimate of drug-likeness (QED) is 0.842. The van der Waals surface area contributed by atoms with Gasteiger partial charge in [-0.2, -0.15) is 0 Å². The monoisotopic (exact) mass is 248 g/mol. The minimum atomic E-state index is -0.740. The number of benzene rings is 1. The van der Waals surface area contributed by atoms with Crippen LogP contribution < -0.4 is 0 Å². The van der Waals surface area contributed by atoms with E-state index in [1.54, 1.807) is 14.0 Å². The van der Waals surface area contributed by atoms with Gasteiger partial charge in [0.1, 0.15) is 0 Å². The summed E-state index contributed by atoms with van der Waals surface area (Å²) in [6.07, 6.45) is 3.83. The second-order valence-electron chi connectivity index (χ2n) is 5.32. The summed E-state index contributed by atoms with van der Waals surface area (Å²) < 4.78 is 5.50. The van der Waals surface area contributed by atoms with Crippen LogP contribution in [-0.2, 0) is 22.4 Å². The third kappa shape index (κ3) is 3.10. The second kappa shape index (κ2) is 5.11. The number of hydrogen-bond donors (Lipinski definition) is 1. The van der Waals surface area contributed by atoms with E-state index in [1.807, 2.05) is 12.1 Å². The van der Waals surface area contributed by atoms with E-state index in [9.17, 15) is 4.79 Å². The molecule has 1 N–H and O–H groups in total. The van der Waals surface area contributed by atoms with E-state index in [0.717, 1.165) is 24.8 Å². The molecule has 98 valence electrons. The van der Waals surface area contributed by atoms with Gasteiger partial charge in [-0.25, -0.2) is 0 Å². The van der Waals surface area contributed by atoms with Crippen LogP contribution in [0.3, 0.4) is 0 Å². The van der Waals surface area contributed by atoms with E-state index >= 15 is 0 Å². The lowest BCUT2D eigenvalue weighted by Gasteiger charge is -2.13. The fourth-order valence-corrected chi connectivity index (χ4v) is 2.20. The fraction of sp³-hybridized carbons (Fsp3) is 0.533. The van der Waals surface area contributed by atoms with Gasteiger partial charge in [-0.1, -0.05) is 31.2 Å². The maximum Gasteiger partial charge on any atom is 0.306 e. The Bertz CT molecular complexity index is 418. The van der Waals surface area contributed by atoms with E-state index < -0.39 is 5.97 Å². The van der Waals surface area contributed by atoms with Crippen molar-refractivity contribution in [3.05, 3.63) is 35.4 Å². The predicted molar refractivity (Wildman–Crippen MR) is 69.6 cm³/mol. The highest BCUT2D eigenvalue weighted by atomic mass is 16.5. The van der Waals surface area contributed by atoms with E-state index in [4.69, 9.17) is 9.84 Å². The maximum absolute atomic E-state index is 10.8. The van der Waals surface area contributed by atoms with Crippen LogP contribution >= 0.6 is 0 Å². The Morgan fingerprint density at radius 2 is 1.89 bits per heavy atom. The average molecular weight is 248 g/mol. The van der Waals surface area contributed by atoms with Crippen molar-refractivity contribution < 1.29 is 14.6 Å². The lowest BCUT2D eigenvalue weighted by molar-refractivity contribution is -0.141. The zero-order chi connectivity index (χ0) is 13.2. The first-order valence-electron chi connectivity index (χ1n) is 6.40. The molecule has 3 heteroatoms. The highest BCUT2D eigenvalue weighted by Gasteiger charge is 2.42. The molecule has 1 unspecified atom stereocenters. The van der Waals surface area contributed by atoms with Gasteiger partial charge >= 0.3 is 5.97 Å². The van der Waals surface area contributed by atoms with Crippen molar-refractivity contribution in [2.45, 2.75) is 38.2 Å². The van der Waals surface area contributed by atoms with Crippen molar-refractivity contribution in [1.82, 2.24) is 0 Å². The SMILES string of the molecule is COC1(Cc2ccc(CC(C)C(=O)O)cc2)CC1. The summed E-state index contributed by atoms with van der Waals surface area (Å²) in [5.41, 5.74) is 2.42. The molecule has 1 fully saturated rings. The largest absolute Gasteiger partial charge is 0.481 e. The normalized spacial score (nSPS) is 18.3. The highest BCUT2D eigenvalue weighted by molar-refractivity contribution is 5.69. The van der Waals surface area contributed by atoms with Gasteiger partial charge < -0.3 is 9.84 Å². The number of rotatable bonds is 6. The highest BCUT2D eigenvalue weighted by Crippen LogP contribution is 2.41. The molecule has 3 nitrogen and oxygen atoms in total. The van der Waals surface area contributed by atoms with Gasteiger partial charge in [0.25, 0.3) is 0 Å². The van der Waals surface area contributed by atoms with Crippen LogP contribution in [0, 0.1) is 5.92 Å². The topological polar surface area (TPSA) is 46.5 Å². The number of ether oxygens (including phenoxy) is 1. The van der Waals surface area contributed by atoms with Crippen LogP contribution in [-0.4, -0.2) is 23.8 Å². The Labute approximate surface area is 108 Å². The number of carboxylic acid groups (broad SMARTS) is 1. The van der Waals surface area contributed by atoms with Crippen molar-refractivity contribution in [3.63, 3.8) is 0 Å². The van der Waals surface area contributed by atoms with Gasteiger partial charge in [0.15, 0.2) is 0 Å². The van der Waals surface area contributed by atoms with Gasteiger partial charge in [0.05, 0.1) is 11.5 Å². The van der Waals surface area contributed by atoms with Crippen molar-refractivity contribution in [1.29, 1.82) is 0 Å². The van der Waals surface area contributed by atoms with E-state index in [0.29, 0.717) is 6.42 Å². The number of aliphatic carboxylic acids is 1. The summed E-state index contributed by atoms with van der Waals surface area (Å²) in [6, 6.07) is 8.23. The van der Waals surface area contributed by atoms with E-state index in [-0.39, 0.29) is 11.5 Å². The predicted octanol–water partition coefficient (Wildman–Crippen LogP) is 2.67. The van der Waals surface area contributed by atoms with Gasteiger partial charge in [-0.3, -0.25) is 4.79 Å². The van der Waals surface area contributed by atoms with Gasteiger partial charge in [0, 0.05) is 13.5 Å². The minimum absolute atomic E-state index is 0.0792. The molecule has 0 amide bonds. The van der Waals surface area contributed by atoms with Gasteiger partial charge in [-0.05, 0) is 30.4 Å². The van der Waals surface area contributed by atoms with Crippen molar-refractivity contribution in [2.75, 3.05) is 7.11 Å². The minimum Gasteiger partial charge on any atom is -0.481 e. The maximum atomic E-state index is 10.8. The van der Waals surface area contributed by atoms with Gasteiger partial charge in [-0.15, -0.1) is 0 Å². The number of carbonyl (C=O) groups is 1. The van der Waals surface area contributed by atoms with E-state index in [2.05, 4.69) is 12.1 Å². The second-order valence-corrected chi connectivity index (χ2v) is 5.32. The Morgan fingerprint density at radius 3 is 2.33 bits per heavy atom. The summed E-state index contributed by atoms with van der Waals surface area (Å²) in [4.78, 5) is 10.8. The number of carboxylic acids is 1. The summed E-state index contributed by atoms with van der Waals surface area (Å²) in [5, 5.41) is 8.87. The van der Waals surface area contributed by atoms with Crippen LogP contribution in [0.4, 0.5) is 0 Å². The first-order valence-corrected chi connectivity index (χ1v) is 6.40. The van der Waals surface area contributed by atoms with Crippen molar-refractivity contribution >= 4 is 5.97 Å². The molecule has 0 aromatic heterocycles. The Hall–Kier alpha value is -1.35. The molecule has 0 heterocycles. The van der Waals surface area contributed by atoms with E-state index in [1.165, 1.54) is 5.56 Å². The van der Waals surface area contributed by atoms with Crippen LogP contribution in [0.25, 0.3) is 0 Å². The Balaban J connectivity index is 1.95. The standard InChI is InChI=1S/C15H20O3/c1-11(14(16)17)9-12-3-5-13(6-4-12)10-15(18-2)7-8-15/h3-6,11H,7-10H2,1-2H3,(H,16,17). The zero-order valence-corrected chi connectivity index (χ0v) is 11.0. The molecule has 1 saturated carbocycles. The molecular formula is C15H20O3. The van der Waals surface area contributed by atoms with Crippen molar-refractivity contribution in [3.8, 4) is 0 Å². The van der Waals surface area contributed by atoms with Crippen LogP contribution in [0.15, 0.2) is 24.3 Å². The molecule has 1 aliphatic carbocycles. The number of hydrogen-bond acceptors (Lipinski definition) is 2. The summed E-state index contributed by atoms with van der Waals surface area (Å²) >= 11 is 0. The molecule has 18 heavy (non-hydrogen) atoms. The molecule has 1 atom stereocenters. The molecule has 0 saturated heterocycles. The molecule has 0 radical (unpaired) electrons. The van der Waals surface area contributed by atoms with Crippen LogP contribution in [0.2, 0.25) is 0 Å². The number of methoxy groups -OCH3 is 1. The lowest BCUT2D eigenvalue weighted by atomic mass is 9.98. The third-order valence-electron chi connectivity index (χ3n) is 3.75. The smallest absolute Gasteiger partial charge is 0.306 e. The first kappa shape index (κ1) is 13.1. The molecule has 0 spiro atoms. The molecule has 1 aliphatic rings. The first-order chi connectivity index (χ1) is 8.54. The molecule has 2 rings (SSSR count). The lowest BCUT2D eigenvalue weighted by Crippen LogP contribution is -2.15. The summed E-state index contributed by atoms with van der Waals surface area (Å²) in [6.45, 7) is 1.74. The Morgan fingerprint density at radius 1 is 1.33 bits per heavy atom. The van der Waals surface area contributed by atoms with Gasteiger partial charge in [0.2, 0.25) is 0 Å². The third-order valence-corrected chi connectivity index (χ3v) is 3.75. The fourth-order valence-electron chi connectivity index (χ4n) is 2.20. The van der Waals surface area contributed by atoms with Crippen molar-refractivity contribution in [2.24, 2.45) is 5.92 Å². The summed E-state index contributed by atoms with van der Waals surface area (Å²) in [7, 11) is 1.77. The average Bonchev–Trinajstić information content (AvgIpc) is 3.12. The molecular weight excluding hydrogens is 228 g/mol. The Kier molecular flexibility index (Phi) is 3.71. The zero-order valence-electron chi connectivity index (χ0n) is 11.0. The molecule has 0 aliphatic heterocycles. The summed E-state index contributed by atoms with van der Waals surface area (Å²) in [5.74, 6) is -1.07.